The van der Waals surface area contributed by atoms with Crippen molar-refractivity contribution >= 4 is 5.82 Å². The van der Waals surface area contributed by atoms with Crippen molar-refractivity contribution in [2.45, 2.75) is 46.3 Å². The second-order valence-corrected chi connectivity index (χ2v) is 6.23. The zero-order valence-electron chi connectivity index (χ0n) is 12.9. The van der Waals surface area contributed by atoms with Crippen molar-refractivity contribution in [3.63, 3.8) is 0 Å². The van der Waals surface area contributed by atoms with E-state index in [9.17, 15) is 5.11 Å². The number of aryl methyl sites for hydroxylation is 1. The second kappa shape index (κ2) is 7.04. The average Bonchev–Trinajstić information content (AvgIpc) is 2.40. The molecular formula is C16H27N3O. The van der Waals surface area contributed by atoms with E-state index in [-0.39, 0.29) is 6.10 Å². The molecule has 112 valence electrons. The van der Waals surface area contributed by atoms with Gasteiger partial charge in [0.2, 0.25) is 0 Å². The van der Waals surface area contributed by atoms with Crippen molar-refractivity contribution in [3.8, 4) is 0 Å². The van der Waals surface area contributed by atoms with Gasteiger partial charge in [-0.1, -0.05) is 13.8 Å². The van der Waals surface area contributed by atoms with E-state index in [0.717, 1.165) is 44.8 Å². The Hall–Kier alpha value is -1.13. The van der Waals surface area contributed by atoms with Crippen LogP contribution in [0.2, 0.25) is 0 Å². The van der Waals surface area contributed by atoms with Crippen LogP contribution in [0.25, 0.3) is 0 Å². The fourth-order valence-electron chi connectivity index (χ4n) is 2.64. The first-order chi connectivity index (χ1) is 9.56. The number of piperidine rings is 1. The van der Waals surface area contributed by atoms with Crippen molar-refractivity contribution in [2.24, 2.45) is 5.92 Å². The van der Waals surface area contributed by atoms with E-state index >= 15 is 0 Å². The molecule has 1 aromatic heterocycles. The number of anilines is 1. The molecule has 2 N–H and O–H groups in total. The Balaban J connectivity index is 1.95. The minimum absolute atomic E-state index is 0.133. The fourth-order valence-corrected chi connectivity index (χ4v) is 2.64. The SMILES string of the molecule is Cc1cc(CNCC(C)C)cnc1N1CCC(O)CC1. The smallest absolute Gasteiger partial charge is 0.131 e. The first kappa shape index (κ1) is 15.3. The highest BCUT2D eigenvalue weighted by Crippen LogP contribution is 2.22. The third-order valence-corrected chi connectivity index (χ3v) is 3.75. The lowest BCUT2D eigenvalue weighted by Crippen LogP contribution is -2.36. The van der Waals surface area contributed by atoms with Gasteiger partial charge in [-0.2, -0.15) is 0 Å². The maximum atomic E-state index is 9.57. The molecule has 1 aliphatic rings. The molecule has 4 nitrogen and oxygen atoms in total. The highest BCUT2D eigenvalue weighted by atomic mass is 16.3. The van der Waals surface area contributed by atoms with Crippen molar-refractivity contribution in [2.75, 3.05) is 24.5 Å². The summed E-state index contributed by atoms with van der Waals surface area (Å²) in [5, 5.41) is 13.0. The standard InChI is InChI=1S/C16H27N3O/c1-12(2)9-17-10-14-8-13(3)16(18-11-14)19-6-4-15(20)5-7-19/h8,11-12,15,17,20H,4-7,9-10H2,1-3H3. The Morgan fingerprint density at radius 2 is 2.10 bits per heavy atom. The molecule has 0 saturated carbocycles. The minimum Gasteiger partial charge on any atom is -0.393 e. The Labute approximate surface area is 122 Å². The van der Waals surface area contributed by atoms with Crippen molar-refractivity contribution < 1.29 is 5.11 Å². The number of nitrogens with one attached hydrogen (secondary N) is 1. The van der Waals surface area contributed by atoms with Crippen molar-refractivity contribution in [3.05, 3.63) is 23.4 Å². The first-order valence-electron chi connectivity index (χ1n) is 7.65. The van der Waals surface area contributed by atoms with E-state index in [1.54, 1.807) is 0 Å². The lowest BCUT2D eigenvalue weighted by molar-refractivity contribution is 0.145. The number of rotatable bonds is 5. The number of hydrogen-bond acceptors (Lipinski definition) is 4. The molecule has 0 atom stereocenters. The highest BCUT2D eigenvalue weighted by molar-refractivity contribution is 5.47. The van der Waals surface area contributed by atoms with Gasteiger partial charge in [-0.3, -0.25) is 0 Å². The second-order valence-electron chi connectivity index (χ2n) is 6.23. The van der Waals surface area contributed by atoms with Crippen LogP contribution in [0.1, 0.15) is 37.8 Å². The Bertz CT molecular complexity index is 426. The zero-order chi connectivity index (χ0) is 14.5. The largest absolute Gasteiger partial charge is 0.393 e. The molecule has 1 aliphatic heterocycles. The molecule has 1 saturated heterocycles. The monoisotopic (exact) mass is 277 g/mol. The van der Waals surface area contributed by atoms with E-state index in [2.05, 4.69) is 42.0 Å². The normalized spacial score (nSPS) is 16.9. The third kappa shape index (κ3) is 4.18. The van der Waals surface area contributed by atoms with Crippen LogP contribution in [0.4, 0.5) is 5.82 Å². The summed E-state index contributed by atoms with van der Waals surface area (Å²) in [4.78, 5) is 6.91. The Morgan fingerprint density at radius 3 is 2.70 bits per heavy atom. The van der Waals surface area contributed by atoms with Gasteiger partial charge in [0.05, 0.1) is 6.10 Å². The number of aliphatic hydroxyl groups excluding tert-OH is 1. The van der Waals surface area contributed by atoms with E-state index in [4.69, 9.17) is 0 Å². The molecule has 4 heteroatoms. The van der Waals surface area contributed by atoms with Crippen LogP contribution < -0.4 is 10.2 Å². The summed E-state index contributed by atoms with van der Waals surface area (Å²) in [6.45, 7) is 10.3. The molecule has 2 rings (SSSR count). The van der Waals surface area contributed by atoms with Crippen LogP contribution in [-0.4, -0.2) is 35.8 Å². The van der Waals surface area contributed by atoms with Gasteiger partial charge in [-0.05, 0) is 49.4 Å². The van der Waals surface area contributed by atoms with E-state index in [0.29, 0.717) is 5.92 Å². The Morgan fingerprint density at radius 1 is 1.40 bits per heavy atom. The van der Waals surface area contributed by atoms with Gasteiger partial charge < -0.3 is 15.3 Å². The summed E-state index contributed by atoms with van der Waals surface area (Å²) >= 11 is 0. The molecule has 1 fully saturated rings. The summed E-state index contributed by atoms with van der Waals surface area (Å²) in [5.41, 5.74) is 2.47. The number of aliphatic hydroxyl groups is 1. The number of aromatic nitrogens is 1. The van der Waals surface area contributed by atoms with Gasteiger partial charge >= 0.3 is 0 Å². The fraction of sp³-hybridized carbons (Fsp3) is 0.688. The van der Waals surface area contributed by atoms with Gasteiger partial charge in [0, 0.05) is 25.8 Å². The number of hydrogen-bond donors (Lipinski definition) is 2. The van der Waals surface area contributed by atoms with Gasteiger partial charge in [0.15, 0.2) is 0 Å². The Kier molecular flexibility index (Phi) is 5.38. The summed E-state index contributed by atoms with van der Waals surface area (Å²) in [5.74, 6) is 1.74. The molecule has 0 bridgehead atoms. The molecular weight excluding hydrogens is 250 g/mol. The molecule has 20 heavy (non-hydrogen) atoms. The lowest BCUT2D eigenvalue weighted by atomic mass is 10.1. The molecule has 0 spiro atoms. The third-order valence-electron chi connectivity index (χ3n) is 3.75. The van der Waals surface area contributed by atoms with Crippen LogP contribution in [0, 0.1) is 12.8 Å². The predicted molar refractivity (Wildman–Crippen MR) is 83.0 cm³/mol. The van der Waals surface area contributed by atoms with Crippen LogP contribution in [0.5, 0.6) is 0 Å². The van der Waals surface area contributed by atoms with Gasteiger partial charge in [-0.25, -0.2) is 4.98 Å². The number of nitrogens with zero attached hydrogens (tertiary/aromatic N) is 2. The van der Waals surface area contributed by atoms with Crippen LogP contribution in [0.15, 0.2) is 12.3 Å². The quantitative estimate of drug-likeness (QED) is 0.865. The van der Waals surface area contributed by atoms with E-state index in [1.807, 2.05) is 6.20 Å². The van der Waals surface area contributed by atoms with Crippen LogP contribution in [0.3, 0.4) is 0 Å². The van der Waals surface area contributed by atoms with Crippen molar-refractivity contribution in [1.82, 2.24) is 10.3 Å². The highest BCUT2D eigenvalue weighted by Gasteiger charge is 2.19. The molecule has 1 aromatic rings. The molecule has 0 aliphatic carbocycles. The predicted octanol–water partition coefficient (Wildman–Crippen LogP) is 2.10. The topological polar surface area (TPSA) is 48.4 Å². The zero-order valence-corrected chi connectivity index (χ0v) is 12.9. The minimum atomic E-state index is -0.133. The number of pyridine rings is 1. The van der Waals surface area contributed by atoms with E-state index < -0.39 is 0 Å². The maximum Gasteiger partial charge on any atom is 0.131 e. The molecule has 2 heterocycles. The van der Waals surface area contributed by atoms with Gasteiger partial charge in [-0.15, -0.1) is 0 Å². The molecule has 0 radical (unpaired) electrons. The lowest BCUT2D eigenvalue weighted by Gasteiger charge is -2.31. The van der Waals surface area contributed by atoms with Crippen LogP contribution >= 0.6 is 0 Å². The molecule has 0 amide bonds. The summed E-state index contributed by atoms with van der Waals surface area (Å²) in [6.07, 6.45) is 3.53. The summed E-state index contributed by atoms with van der Waals surface area (Å²) in [7, 11) is 0. The molecule has 0 aromatic carbocycles. The van der Waals surface area contributed by atoms with Crippen molar-refractivity contribution in [1.29, 1.82) is 0 Å². The van der Waals surface area contributed by atoms with Crippen LogP contribution in [-0.2, 0) is 6.54 Å². The summed E-state index contributed by atoms with van der Waals surface area (Å²) in [6, 6.07) is 2.22. The maximum absolute atomic E-state index is 9.57. The van der Waals surface area contributed by atoms with E-state index in [1.165, 1.54) is 11.1 Å². The summed E-state index contributed by atoms with van der Waals surface area (Å²) < 4.78 is 0. The van der Waals surface area contributed by atoms with Gasteiger partial charge in [0.25, 0.3) is 0 Å². The average molecular weight is 277 g/mol. The first-order valence-corrected chi connectivity index (χ1v) is 7.65. The van der Waals surface area contributed by atoms with Gasteiger partial charge in [0.1, 0.15) is 5.82 Å². The molecule has 0 unspecified atom stereocenters.